The SMILES string of the molecule is CC1(C(=O)O)CCN(C2CCCc3ccccc32)C1. The Kier molecular flexibility index (Phi) is 3.09. The summed E-state index contributed by atoms with van der Waals surface area (Å²) in [5, 5.41) is 9.36. The molecule has 3 heteroatoms. The Morgan fingerprint density at radius 2 is 2.21 bits per heavy atom. The number of carboxylic acid groups (broad SMARTS) is 1. The van der Waals surface area contributed by atoms with Gasteiger partial charge in [-0.2, -0.15) is 0 Å². The fraction of sp³-hybridized carbons (Fsp3) is 0.562. The first kappa shape index (κ1) is 12.7. The molecule has 0 radical (unpaired) electrons. The summed E-state index contributed by atoms with van der Waals surface area (Å²) in [5.41, 5.74) is 2.30. The molecule has 1 heterocycles. The molecule has 3 rings (SSSR count). The van der Waals surface area contributed by atoms with Gasteiger partial charge in [0, 0.05) is 12.6 Å². The highest BCUT2D eigenvalue weighted by molar-refractivity contribution is 5.74. The molecular formula is C16H21NO2. The molecule has 0 aromatic heterocycles. The average molecular weight is 259 g/mol. The summed E-state index contributed by atoms with van der Waals surface area (Å²) in [6.45, 7) is 3.47. The lowest BCUT2D eigenvalue weighted by molar-refractivity contribution is -0.147. The van der Waals surface area contributed by atoms with Gasteiger partial charge in [-0.25, -0.2) is 0 Å². The molecule has 2 unspecified atom stereocenters. The molecule has 0 saturated carbocycles. The number of hydrogen-bond acceptors (Lipinski definition) is 2. The van der Waals surface area contributed by atoms with Crippen molar-refractivity contribution < 1.29 is 9.90 Å². The van der Waals surface area contributed by atoms with Crippen LogP contribution in [-0.2, 0) is 11.2 Å². The first-order valence-corrected chi connectivity index (χ1v) is 7.15. The third kappa shape index (κ3) is 2.16. The summed E-state index contributed by atoms with van der Waals surface area (Å²) in [6, 6.07) is 9.06. The highest BCUT2D eigenvalue weighted by Gasteiger charge is 2.43. The normalized spacial score (nSPS) is 31.1. The molecule has 2 atom stereocenters. The number of rotatable bonds is 2. The summed E-state index contributed by atoms with van der Waals surface area (Å²) < 4.78 is 0. The predicted octanol–water partition coefficient (Wildman–Crippen LogP) is 2.86. The van der Waals surface area contributed by atoms with Crippen LogP contribution in [0.4, 0.5) is 0 Å². The molecule has 3 nitrogen and oxygen atoms in total. The Bertz CT molecular complexity index is 499. The van der Waals surface area contributed by atoms with Crippen LogP contribution in [0.1, 0.15) is 43.4 Å². The Labute approximate surface area is 114 Å². The van der Waals surface area contributed by atoms with Gasteiger partial charge >= 0.3 is 5.97 Å². The minimum absolute atomic E-state index is 0.422. The molecule has 1 aromatic rings. The van der Waals surface area contributed by atoms with Crippen LogP contribution >= 0.6 is 0 Å². The van der Waals surface area contributed by atoms with Crippen LogP contribution < -0.4 is 0 Å². The Morgan fingerprint density at radius 3 is 2.95 bits per heavy atom. The molecule has 1 saturated heterocycles. The first-order chi connectivity index (χ1) is 9.10. The van der Waals surface area contributed by atoms with Gasteiger partial charge in [0.1, 0.15) is 0 Å². The van der Waals surface area contributed by atoms with Crippen LogP contribution in [0.15, 0.2) is 24.3 Å². The monoisotopic (exact) mass is 259 g/mol. The molecule has 1 N–H and O–H groups in total. The van der Waals surface area contributed by atoms with E-state index in [2.05, 4.69) is 29.2 Å². The van der Waals surface area contributed by atoms with Crippen molar-refractivity contribution in [3.8, 4) is 0 Å². The predicted molar refractivity (Wildman–Crippen MR) is 74.1 cm³/mol. The maximum absolute atomic E-state index is 11.4. The summed E-state index contributed by atoms with van der Waals surface area (Å²) in [4.78, 5) is 13.8. The van der Waals surface area contributed by atoms with E-state index in [1.807, 2.05) is 6.92 Å². The quantitative estimate of drug-likeness (QED) is 0.888. The average Bonchev–Trinajstić information content (AvgIpc) is 2.82. The largest absolute Gasteiger partial charge is 0.481 e. The number of aryl methyl sites for hydroxylation is 1. The second-order valence-corrected chi connectivity index (χ2v) is 6.19. The van der Waals surface area contributed by atoms with E-state index in [1.165, 1.54) is 17.5 Å². The van der Waals surface area contributed by atoms with Crippen LogP contribution in [-0.4, -0.2) is 29.1 Å². The van der Waals surface area contributed by atoms with Crippen molar-refractivity contribution in [2.75, 3.05) is 13.1 Å². The zero-order valence-electron chi connectivity index (χ0n) is 11.4. The number of aliphatic carboxylic acids is 1. The molecule has 2 aliphatic rings. The first-order valence-electron chi connectivity index (χ1n) is 7.15. The van der Waals surface area contributed by atoms with Gasteiger partial charge in [-0.1, -0.05) is 24.3 Å². The van der Waals surface area contributed by atoms with Crippen molar-refractivity contribution in [3.05, 3.63) is 35.4 Å². The van der Waals surface area contributed by atoms with E-state index in [-0.39, 0.29) is 0 Å². The Morgan fingerprint density at radius 1 is 1.42 bits per heavy atom. The zero-order valence-corrected chi connectivity index (χ0v) is 11.4. The molecule has 1 aromatic carbocycles. The highest BCUT2D eigenvalue weighted by Crippen LogP contribution is 2.40. The fourth-order valence-corrected chi connectivity index (χ4v) is 3.54. The second kappa shape index (κ2) is 4.64. The van der Waals surface area contributed by atoms with Crippen LogP contribution in [0, 0.1) is 5.41 Å². The van der Waals surface area contributed by atoms with E-state index in [1.54, 1.807) is 0 Å². The van der Waals surface area contributed by atoms with Gasteiger partial charge in [-0.3, -0.25) is 9.69 Å². The Hall–Kier alpha value is -1.35. The smallest absolute Gasteiger partial charge is 0.310 e. The van der Waals surface area contributed by atoms with Crippen LogP contribution in [0.25, 0.3) is 0 Å². The number of carbonyl (C=O) groups is 1. The summed E-state index contributed by atoms with van der Waals surface area (Å²) >= 11 is 0. The van der Waals surface area contributed by atoms with E-state index in [4.69, 9.17) is 0 Å². The lowest BCUT2D eigenvalue weighted by Gasteiger charge is -2.33. The summed E-state index contributed by atoms with van der Waals surface area (Å²) in [7, 11) is 0. The third-order valence-corrected chi connectivity index (χ3v) is 4.80. The zero-order chi connectivity index (χ0) is 13.5. The standard InChI is InChI=1S/C16H21NO2/c1-16(15(18)19)9-10-17(11-16)14-8-4-6-12-5-2-3-7-13(12)14/h2-3,5,7,14H,4,6,8-11H2,1H3,(H,18,19). The van der Waals surface area contributed by atoms with Crippen LogP contribution in [0.5, 0.6) is 0 Å². The number of carboxylic acids is 1. The molecule has 1 aliphatic heterocycles. The highest BCUT2D eigenvalue weighted by atomic mass is 16.4. The van der Waals surface area contributed by atoms with Gasteiger partial charge in [0.2, 0.25) is 0 Å². The van der Waals surface area contributed by atoms with Crippen molar-refractivity contribution in [1.82, 2.24) is 4.90 Å². The van der Waals surface area contributed by atoms with Gasteiger partial charge in [-0.05, 0) is 50.3 Å². The topological polar surface area (TPSA) is 40.5 Å². The minimum Gasteiger partial charge on any atom is -0.481 e. The minimum atomic E-state index is -0.654. The molecule has 0 bridgehead atoms. The maximum Gasteiger partial charge on any atom is 0.310 e. The van der Waals surface area contributed by atoms with Crippen molar-refractivity contribution in [3.63, 3.8) is 0 Å². The van der Waals surface area contributed by atoms with E-state index in [0.29, 0.717) is 12.6 Å². The van der Waals surface area contributed by atoms with Gasteiger partial charge in [0.05, 0.1) is 5.41 Å². The lowest BCUT2D eigenvalue weighted by Crippen LogP contribution is -2.34. The number of nitrogens with zero attached hydrogens (tertiary/aromatic N) is 1. The maximum atomic E-state index is 11.4. The summed E-state index contributed by atoms with van der Waals surface area (Å²) in [6.07, 6.45) is 4.30. The van der Waals surface area contributed by atoms with Gasteiger partial charge in [0.15, 0.2) is 0 Å². The number of likely N-dealkylation sites (tertiary alicyclic amines) is 1. The Balaban J connectivity index is 1.84. The number of fused-ring (bicyclic) bond motifs is 1. The van der Waals surface area contributed by atoms with Crippen molar-refractivity contribution >= 4 is 5.97 Å². The summed E-state index contributed by atoms with van der Waals surface area (Å²) in [5.74, 6) is -0.654. The number of benzene rings is 1. The second-order valence-electron chi connectivity index (χ2n) is 6.19. The van der Waals surface area contributed by atoms with Crippen molar-refractivity contribution in [1.29, 1.82) is 0 Å². The van der Waals surface area contributed by atoms with Gasteiger partial charge < -0.3 is 5.11 Å². The van der Waals surface area contributed by atoms with E-state index < -0.39 is 11.4 Å². The number of hydrogen-bond donors (Lipinski definition) is 1. The van der Waals surface area contributed by atoms with E-state index in [9.17, 15) is 9.90 Å². The molecule has 19 heavy (non-hydrogen) atoms. The molecular weight excluding hydrogens is 238 g/mol. The molecule has 0 amide bonds. The molecule has 102 valence electrons. The lowest BCUT2D eigenvalue weighted by atomic mass is 9.86. The van der Waals surface area contributed by atoms with E-state index in [0.717, 1.165) is 25.8 Å². The molecule has 1 fully saturated rings. The van der Waals surface area contributed by atoms with E-state index >= 15 is 0 Å². The van der Waals surface area contributed by atoms with Crippen LogP contribution in [0.2, 0.25) is 0 Å². The van der Waals surface area contributed by atoms with Crippen molar-refractivity contribution in [2.45, 2.75) is 38.6 Å². The van der Waals surface area contributed by atoms with Crippen LogP contribution in [0.3, 0.4) is 0 Å². The molecule has 0 spiro atoms. The third-order valence-electron chi connectivity index (χ3n) is 4.80. The van der Waals surface area contributed by atoms with Crippen molar-refractivity contribution in [2.24, 2.45) is 5.41 Å². The molecule has 1 aliphatic carbocycles. The fourth-order valence-electron chi connectivity index (χ4n) is 3.54. The van der Waals surface area contributed by atoms with Gasteiger partial charge in [0.25, 0.3) is 0 Å². The van der Waals surface area contributed by atoms with Gasteiger partial charge in [-0.15, -0.1) is 0 Å².